The molecule has 0 unspecified atom stereocenters. The molecule has 0 spiro atoms. The monoisotopic (exact) mass is 418 g/mol. The number of pyridine rings is 1. The summed E-state index contributed by atoms with van der Waals surface area (Å²) in [5, 5.41) is 3.21. The Balaban J connectivity index is 1.61. The molecule has 5 nitrogen and oxygen atoms in total. The first-order valence-electron chi connectivity index (χ1n) is 8.03. The van der Waals surface area contributed by atoms with E-state index >= 15 is 0 Å². The average Bonchev–Trinajstić information content (AvgIpc) is 2.61. The number of carbonyl (C=O) groups excluding carboxylic acids is 1. The molecule has 27 heavy (non-hydrogen) atoms. The third-order valence-electron chi connectivity index (χ3n) is 4.09. The summed E-state index contributed by atoms with van der Waals surface area (Å²) in [7, 11) is 0. The molecular weight excluding hydrogens is 404 g/mol. The molecule has 0 aliphatic carbocycles. The third kappa shape index (κ3) is 4.75. The van der Waals surface area contributed by atoms with Crippen molar-refractivity contribution < 1.29 is 18.0 Å². The highest BCUT2D eigenvalue weighted by Crippen LogP contribution is 2.33. The van der Waals surface area contributed by atoms with Crippen LogP contribution in [0.3, 0.4) is 0 Å². The first-order chi connectivity index (χ1) is 12.7. The average molecular weight is 419 g/mol. The molecule has 1 aromatic heterocycles. The van der Waals surface area contributed by atoms with Crippen molar-refractivity contribution in [2.45, 2.75) is 6.18 Å². The van der Waals surface area contributed by atoms with Crippen LogP contribution in [0.5, 0.6) is 0 Å². The first-order valence-corrected chi connectivity index (χ1v) is 8.79. The maximum absolute atomic E-state index is 12.7. The Labute approximate surface area is 163 Å². The zero-order valence-electron chi connectivity index (χ0n) is 13.9. The predicted octanol–water partition coefficient (Wildman–Crippen LogP) is 4.76. The van der Waals surface area contributed by atoms with Gasteiger partial charge in [-0.15, -0.1) is 0 Å². The van der Waals surface area contributed by atoms with Crippen LogP contribution in [0.15, 0.2) is 36.5 Å². The fourth-order valence-corrected chi connectivity index (χ4v) is 3.18. The van der Waals surface area contributed by atoms with E-state index in [2.05, 4.69) is 10.3 Å². The van der Waals surface area contributed by atoms with Gasteiger partial charge in [-0.1, -0.05) is 29.3 Å². The Morgan fingerprint density at radius 1 is 1.11 bits per heavy atom. The lowest BCUT2D eigenvalue weighted by Gasteiger charge is -2.35. The van der Waals surface area contributed by atoms with Crippen molar-refractivity contribution >= 4 is 40.7 Å². The van der Waals surface area contributed by atoms with E-state index in [9.17, 15) is 18.0 Å². The maximum atomic E-state index is 12.7. The highest BCUT2D eigenvalue weighted by atomic mass is 35.5. The molecule has 2 aromatic rings. The van der Waals surface area contributed by atoms with Gasteiger partial charge >= 0.3 is 12.2 Å². The summed E-state index contributed by atoms with van der Waals surface area (Å²) in [4.78, 5) is 19.5. The summed E-state index contributed by atoms with van der Waals surface area (Å²) in [5.41, 5.74) is -0.307. The third-order valence-corrected chi connectivity index (χ3v) is 4.60. The number of aromatic nitrogens is 1. The quantitative estimate of drug-likeness (QED) is 0.764. The van der Waals surface area contributed by atoms with Gasteiger partial charge in [-0.25, -0.2) is 9.78 Å². The zero-order valence-corrected chi connectivity index (χ0v) is 15.4. The van der Waals surface area contributed by atoms with Gasteiger partial charge in [-0.3, -0.25) is 0 Å². The van der Waals surface area contributed by atoms with Gasteiger partial charge in [0.1, 0.15) is 5.82 Å². The second kappa shape index (κ2) is 7.82. The number of anilines is 2. The molecule has 2 heterocycles. The van der Waals surface area contributed by atoms with Crippen molar-refractivity contribution in [3.63, 3.8) is 0 Å². The van der Waals surface area contributed by atoms with Gasteiger partial charge in [-0.05, 0) is 24.3 Å². The lowest BCUT2D eigenvalue weighted by atomic mass is 10.2. The molecule has 1 aliphatic heterocycles. The van der Waals surface area contributed by atoms with Crippen LogP contribution >= 0.6 is 23.2 Å². The number of benzene rings is 1. The first kappa shape index (κ1) is 19.6. The molecule has 1 aliphatic rings. The highest BCUT2D eigenvalue weighted by molar-refractivity contribution is 6.33. The number of nitrogens with zero attached hydrogens (tertiary/aromatic N) is 3. The van der Waals surface area contributed by atoms with Gasteiger partial charge in [0.2, 0.25) is 0 Å². The summed E-state index contributed by atoms with van der Waals surface area (Å²) in [6.07, 6.45) is -3.73. The second-order valence-corrected chi connectivity index (χ2v) is 6.79. The zero-order chi connectivity index (χ0) is 19.6. The number of hydrogen-bond acceptors (Lipinski definition) is 3. The Morgan fingerprint density at radius 3 is 2.41 bits per heavy atom. The van der Waals surface area contributed by atoms with Gasteiger partial charge in [0.15, 0.2) is 0 Å². The number of amides is 2. The molecule has 1 aromatic carbocycles. The number of alkyl halides is 3. The van der Waals surface area contributed by atoms with Gasteiger partial charge < -0.3 is 15.1 Å². The van der Waals surface area contributed by atoms with E-state index in [1.807, 2.05) is 0 Å². The van der Waals surface area contributed by atoms with Crippen molar-refractivity contribution in [3.8, 4) is 0 Å². The Kier molecular flexibility index (Phi) is 5.67. The van der Waals surface area contributed by atoms with Gasteiger partial charge in [0.05, 0.1) is 10.6 Å². The van der Waals surface area contributed by atoms with E-state index in [0.29, 0.717) is 36.9 Å². The Morgan fingerprint density at radius 2 is 1.81 bits per heavy atom. The number of urea groups is 1. The minimum atomic E-state index is -4.49. The van der Waals surface area contributed by atoms with Crippen molar-refractivity contribution in [2.75, 3.05) is 36.4 Å². The number of hydrogen-bond donors (Lipinski definition) is 1. The minimum absolute atomic E-state index is 0.0679. The van der Waals surface area contributed by atoms with Crippen LogP contribution in [0.4, 0.5) is 29.5 Å². The fraction of sp³-hybridized carbons (Fsp3) is 0.294. The van der Waals surface area contributed by atoms with Crippen molar-refractivity contribution in [1.29, 1.82) is 0 Å². The van der Waals surface area contributed by atoms with Crippen molar-refractivity contribution in [2.24, 2.45) is 0 Å². The maximum Gasteiger partial charge on any atom is 0.417 e. The van der Waals surface area contributed by atoms with E-state index < -0.39 is 11.7 Å². The number of halogens is 5. The molecular formula is C17H15Cl2F3N4O. The highest BCUT2D eigenvalue weighted by Gasteiger charge is 2.32. The van der Waals surface area contributed by atoms with Crippen LogP contribution in [0.2, 0.25) is 10.0 Å². The van der Waals surface area contributed by atoms with E-state index in [1.54, 1.807) is 34.1 Å². The van der Waals surface area contributed by atoms with Crippen LogP contribution in [0, 0.1) is 0 Å². The molecule has 1 fully saturated rings. The topological polar surface area (TPSA) is 48.5 Å². The normalized spacial score (nSPS) is 15.0. The van der Waals surface area contributed by atoms with E-state index in [0.717, 1.165) is 12.3 Å². The van der Waals surface area contributed by atoms with Crippen molar-refractivity contribution in [1.82, 2.24) is 9.88 Å². The lowest BCUT2D eigenvalue weighted by Crippen LogP contribution is -2.50. The molecule has 144 valence electrons. The summed E-state index contributed by atoms with van der Waals surface area (Å²) >= 11 is 11.9. The molecule has 0 radical (unpaired) electrons. The van der Waals surface area contributed by atoms with Crippen molar-refractivity contribution in [3.05, 3.63) is 52.1 Å². The second-order valence-electron chi connectivity index (χ2n) is 5.94. The predicted molar refractivity (Wildman–Crippen MR) is 98.5 cm³/mol. The van der Waals surface area contributed by atoms with Crippen LogP contribution in [-0.2, 0) is 6.18 Å². The lowest BCUT2D eigenvalue weighted by molar-refractivity contribution is -0.137. The molecule has 0 atom stereocenters. The summed E-state index contributed by atoms with van der Waals surface area (Å²) in [6, 6.07) is 7.39. The smallest absolute Gasteiger partial charge is 0.352 e. The summed E-state index contributed by atoms with van der Waals surface area (Å²) < 4.78 is 38.1. The molecule has 1 N–H and O–H groups in total. The van der Waals surface area contributed by atoms with E-state index in [-0.39, 0.29) is 16.9 Å². The number of nitrogens with one attached hydrogen (secondary N) is 1. The molecule has 1 saturated heterocycles. The number of piperazine rings is 1. The van der Waals surface area contributed by atoms with E-state index in [1.165, 1.54) is 0 Å². The molecule has 0 saturated carbocycles. The van der Waals surface area contributed by atoms with Crippen LogP contribution in [-0.4, -0.2) is 42.1 Å². The van der Waals surface area contributed by atoms with Gasteiger partial charge in [0, 0.05) is 43.1 Å². The SMILES string of the molecule is O=C(Nc1cccc(Cl)c1)N1CCN(c2ncc(C(F)(F)F)cc2Cl)CC1. The molecule has 2 amide bonds. The molecule has 0 bridgehead atoms. The number of carbonyl (C=O) groups is 1. The van der Waals surface area contributed by atoms with Gasteiger partial charge in [-0.2, -0.15) is 13.2 Å². The fourth-order valence-electron chi connectivity index (χ4n) is 2.71. The Bertz CT molecular complexity index is 839. The minimum Gasteiger partial charge on any atom is -0.352 e. The van der Waals surface area contributed by atoms with E-state index in [4.69, 9.17) is 23.2 Å². The summed E-state index contributed by atoms with van der Waals surface area (Å²) in [5.74, 6) is 0.277. The number of rotatable bonds is 2. The van der Waals surface area contributed by atoms with Crippen LogP contribution in [0.25, 0.3) is 0 Å². The van der Waals surface area contributed by atoms with Crippen LogP contribution < -0.4 is 10.2 Å². The van der Waals surface area contributed by atoms with Gasteiger partial charge in [0.25, 0.3) is 0 Å². The Hall–Kier alpha value is -2.19. The standard InChI is InChI=1S/C17H15Cl2F3N4O/c18-12-2-1-3-13(9-12)24-16(27)26-6-4-25(5-7-26)15-14(19)8-11(10-23-15)17(20,21)22/h1-3,8-10H,4-7H2,(H,24,27). The van der Waals surface area contributed by atoms with Crippen LogP contribution in [0.1, 0.15) is 5.56 Å². The molecule has 3 rings (SSSR count). The largest absolute Gasteiger partial charge is 0.417 e. The molecule has 10 heteroatoms. The summed E-state index contributed by atoms with van der Waals surface area (Å²) in [6.45, 7) is 1.57.